The predicted octanol–water partition coefficient (Wildman–Crippen LogP) is 7.39. The minimum absolute atomic E-state index is 0.0799. The zero-order chi connectivity index (χ0) is 82.5. The SMILES string of the molecule is COC(=O)N[C@H](C(=O)N[C@@H](Cc1ccc(C#Cc2cnc(N3CC4CCC(C3)N4C3COC3)nc2)cc1)[C@H](CN(Cc1c(F)cc(-c2ccn(C(F)F)n2)cc1F)NC(=O)[C@@H](NC(=O)OC)C(C)(C)C(F)(F)F)OC(=O)CC(C)(C)c1c(CC(=O)N2CC[C@@H](O)[C@H]2C(=O)OC)cc(C)cc1OP(=O)(O)O)C(C)(C)C(F)(F)F. The summed E-state index contributed by atoms with van der Waals surface area (Å²) < 4.78 is 197. The molecule has 40 heteroatoms. The van der Waals surface area contributed by atoms with Crippen molar-refractivity contribution in [2.75, 3.05) is 65.6 Å². The fraction of sp³-hybridized carbons (Fsp3) is 0.528. The molecule has 0 aliphatic carbocycles. The molecule has 4 aliphatic rings. The third-order valence-corrected chi connectivity index (χ3v) is 20.6. The molecular formula is C72H85F10N12O17P. The number of aliphatic hydroxyl groups excluding tert-OH is 1. The summed E-state index contributed by atoms with van der Waals surface area (Å²) in [5.74, 6) is -4.30. The largest absolute Gasteiger partial charge is 0.524 e. The number of rotatable bonds is 28. The van der Waals surface area contributed by atoms with Crippen LogP contribution >= 0.6 is 7.82 Å². The number of alkyl carbamates (subject to hydrolysis) is 2. The first-order valence-corrected chi connectivity index (χ1v) is 36.5. The van der Waals surface area contributed by atoms with Gasteiger partial charge in [0.15, 0.2) is 6.04 Å². The van der Waals surface area contributed by atoms with Crippen molar-refractivity contribution in [3.8, 4) is 28.8 Å². The molecule has 0 spiro atoms. The van der Waals surface area contributed by atoms with Gasteiger partial charge in [0.2, 0.25) is 17.8 Å². The Morgan fingerprint density at radius 2 is 1.32 bits per heavy atom. The molecule has 7 N–H and O–H groups in total. The number of carbonyl (C=O) groups is 7. The number of aryl methyl sites for hydroxylation is 1. The maximum absolute atomic E-state index is 16.9. The number of likely N-dealkylation sites (tertiary alicyclic amines) is 1. The van der Waals surface area contributed by atoms with Crippen LogP contribution in [0, 0.1) is 41.2 Å². The number of amides is 5. The van der Waals surface area contributed by atoms with Crippen LogP contribution in [-0.4, -0.2) is 219 Å². The molecule has 5 aromatic rings. The Morgan fingerprint density at radius 3 is 1.84 bits per heavy atom. The summed E-state index contributed by atoms with van der Waals surface area (Å²) in [6.07, 6.45) is -14.6. The van der Waals surface area contributed by atoms with Gasteiger partial charge in [-0.1, -0.05) is 43.9 Å². The summed E-state index contributed by atoms with van der Waals surface area (Å²) in [7, 11) is -3.13. The van der Waals surface area contributed by atoms with Crippen LogP contribution in [0.2, 0.25) is 0 Å². The third-order valence-electron chi connectivity index (χ3n) is 20.2. The molecule has 4 aliphatic heterocycles. The number of halogens is 10. The van der Waals surface area contributed by atoms with E-state index in [1.165, 1.54) is 63.5 Å². The van der Waals surface area contributed by atoms with Crippen molar-refractivity contribution in [1.82, 2.24) is 55.9 Å². The van der Waals surface area contributed by atoms with Gasteiger partial charge in [0, 0.05) is 84.5 Å². The number of benzene rings is 3. The summed E-state index contributed by atoms with van der Waals surface area (Å²) in [5, 5.41) is 20.8. The number of aromatic nitrogens is 4. The zero-order valence-corrected chi connectivity index (χ0v) is 63.2. The topological polar surface area (TPSA) is 357 Å². The molecule has 2 unspecified atom stereocenters. The summed E-state index contributed by atoms with van der Waals surface area (Å²) in [6.45, 7) is 2.52. The fourth-order valence-corrected chi connectivity index (χ4v) is 14.4. The lowest BCUT2D eigenvalue weighted by atomic mass is 9.77. The van der Waals surface area contributed by atoms with E-state index >= 15 is 44.7 Å². The zero-order valence-electron chi connectivity index (χ0n) is 62.3. The van der Waals surface area contributed by atoms with Gasteiger partial charge in [-0.3, -0.25) is 39.3 Å². The molecule has 0 radical (unpaired) electrons. The first-order chi connectivity index (χ1) is 52.3. The molecular weight excluding hydrogens is 1530 g/mol. The van der Waals surface area contributed by atoms with E-state index in [9.17, 15) is 52.2 Å². The molecule has 8 atom stereocenters. The van der Waals surface area contributed by atoms with E-state index in [1.807, 2.05) is 5.32 Å². The molecule has 2 bridgehead atoms. The van der Waals surface area contributed by atoms with Crippen molar-refractivity contribution in [2.45, 2.75) is 172 Å². The summed E-state index contributed by atoms with van der Waals surface area (Å²) >= 11 is 0. The van der Waals surface area contributed by atoms with E-state index in [1.54, 1.807) is 5.32 Å². The normalized spacial score (nSPS) is 18.8. The van der Waals surface area contributed by atoms with Crippen LogP contribution in [0.1, 0.15) is 113 Å². The van der Waals surface area contributed by atoms with Crippen molar-refractivity contribution >= 4 is 55.6 Å². The second-order valence-corrected chi connectivity index (χ2v) is 30.5. The number of hydrazine groups is 1. The number of anilines is 1. The van der Waals surface area contributed by atoms with Crippen LogP contribution in [0.4, 0.5) is 59.4 Å². The maximum atomic E-state index is 16.9. The summed E-state index contributed by atoms with van der Waals surface area (Å²) in [5.41, 5.74) is -7.94. The Labute approximate surface area is 635 Å². The molecule has 6 heterocycles. The number of carbonyl (C=O) groups excluding carboxylic acids is 7. The number of hydrogen-bond donors (Lipinski definition) is 7. The second kappa shape index (κ2) is 34.7. The number of piperazine rings is 1. The van der Waals surface area contributed by atoms with Crippen LogP contribution < -0.4 is 30.8 Å². The number of phosphoric acid groups is 1. The van der Waals surface area contributed by atoms with Crippen molar-refractivity contribution in [3.05, 3.63) is 124 Å². The minimum atomic E-state index is -5.61. The van der Waals surface area contributed by atoms with Crippen LogP contribution in [0.5, 0.6) is 5.75 Å². The first-order valence-electron chi connectivity index (χ1n) is 35.0. The highest BCUT2D eigenvalue weighted by Gasteiger charge is 2.58. The molecule has 0 saturated carbocycles. The van der Waals surface area contributed by atoms with Crippen LogP contribution in [0.3, 0.4) is 0 Å². The standard InChI is InChI=1S/C72H85F10N12O17P/c1-38-23-43(28-55(96)92-21-20-52(95)58(92)63(100)106-8)57(53(24-38)111-112(103,104)105)68(2,3)29-56(97)110-54(35-91(89-62(99)60(87-67(102)108-10)70(6,7)72(80,81)82)34-47-48(73)26-42(27-49(47)74)50-19-22-93(88-50)64(75)76)51(85-61(98)59(86-66(101)107-9)69(4,5)71(77,78)79)25-40-14-11-39(12-15-40)13-16-41-30-83-65(84-31-41)90-32-44-17-18-45(33-90)94(44)46-36-109-37-46/h11-12,14-15,19,22-24,26-27,30-31,44-46,51-52,54,58-60,64,95H,17-18,20-21,25,28-29,32-37H2,1-10H3,(H,85,98)(H,86,101)(H,87,102)(H,89,99)(H2,103,104,105)/t44?,45?,51-,52+,54-,58-,59+,60+/m0/s1. The Morgan fingerprint density at radius 1 is 0.750 bits per heavy atom. The first kappa shape index (κ1) is 86.3. The Balaban J connectivity index is 1.17. The van der Waals surface area contributed by atoms with Crippen LogP contribution in [-0.2, 0) is 77.0 Å². The molecule has 5 amide bonds. The maximum Gasteiger partial charge on any atom is 0.524 e. The highest BCUT2D eigenvalue weighted by molar-refractivity contribution is 7.46. The van der Waals surface area contributed by atoms with E-state index in [0.717, 1.165) is 57.4 Å². The minimum Gasteiger partial charge on any atom is -0.467 e. The molecule has 610 valence electrons. The van der Waals surface area contributed by atoms with E-state index in [2.05, 4.69) is 56.9 Å². The van der Waals surface area contributed by atoms with Gasteiger partial charge in [0.1, 0.15) is 35.6 Å². The lowest BCUT2D eigenvalue weighted by molar-refractivity contribution is -0.221. The molecule has 2 aromatic heterocycles. The third kappa shape index (κ3) is 20.4. The van der Waals surface area contributed by atoms with Gasteiger partial charge in [-0.15, -0.1) is 0 Å². The van der Waals surface area contributed by atoms with Gasteiger partial charge in [-0.25, -0.2) is 47.4 Å². The van der Waals surface area contributed by atoms with E-state index in [0.29, 0.717) is 106 Å². The Bertz CT molecular complexity index is 4360. The average molecular weight is 1610 g/mol. The Kier molecular flexibility index (Phi) is 26.7. The number of alkyl halides is 8. The molecule has 112 heavy (non-hydrogen) atoms. The number of hydrogen-bond acceptors (Lipinski definition) is 21. The molecule has 4 fully saturated rings. The van der Waals surface area contributed by atoms with Gasteiger partial charge in [0.25, 0.3) is 5.91 Å². The van der Waals surface area contributed by atoms with Gasteiger partial charge in [0.05, 0.1) is 94.2 Å². The Hall–Kier alpha value is -9.71. The van der Waals surface area contributed by atoms with Crippen LogP contribution in [0.25, 0.3) is 11.3 Å². The van der Waals surface area contributed by atoms with Gasteiger partial charge >= 0.3 is 50.8 Å². The monoisotopic (exact) mass is 1610 g/mol. The lowest BCUT2D eigenvalue weighted by Crippen LogP contribution is -2.64. The van der Waals surface area contributed by atoms with Gasteiger partial charge in [-0.05, 0) is 113 Å². The smallest absolute Gasteiger partial charge is 0.467 e. The number of phosphoric ester groups is 1. The van der Waals surface area contributed by atoms with Crippen molar-refractivity contribution in [3.63, 3.8) is 0 Å². The number of nitrogens with one attached hydrogen (secondary N) is 4. The lowest BCUT2D eigenvalue weighted by Gasteiger charge is -2.47. The number of methoxy groups -OCH3 is 3. The van der Waals surface area contributed by atoms with Crippen molar-refractivity contribution in [2.24, 2.45) is 10.8 Å². The highest BCUT2D eigenvalue weighted by atomic mass is 31.2. The van der Waals surface area contributed by atoms with Crippen LogP contribution in [0.15, 0.2) is 73.2 Å². The van der Waals surface area contributed by atoms with Gasteiger partial charge < -0.3 is 59.1 Å². The number of aliphatic hydroxyl groups is 1. The summed E-state index contributed by atoms with van der Waals surface area (Å²) in [6, 6.07) is 2.11. The predicted molar refractivity (Wildman–Crippen MR) is 374 cm³/mol. The molecule has 29 nitrogen and oxygen atoms in total. The van der Waals surface area contributed by atoms with E-state index < -0.39 is 188 Å². The van der Waals surface area contributed by atoms with Gasteiger partial charge in [-0.2, -0.15) is 40.2 Å². The van der Waals surface area contributed by atoms with E-state index in [4.69, 9.17) is 18.7 Å². The summed E-state index contributed by atoms with van der Waals surface area (Å²) in [4.78, 5) is 134. The second-order valence-electron chi connectivity index (χ2n) is 29.3. The van der Waals surface area contributed by atoms with E-state index in [-0.39, 0.29) is 39.9 Å². The number of nitrogens with zero attached hydrogens (tertiary/aromatic N) is 8. The number of esters is 2. The van der Waals surface area contributed by atoms with Crippen molar-refractivity contribution in [1.29, 1.82) is 0 Å². The van der Waals surface area contributed by atoms with Crippen molar-refractivity contribution < 1.29 is 125 Å². The highest BCUT2D eigenvalue weighted by Crippen LogP contribution is 2.47. The number of ether oxygens (including phenoxy) is 5. The molecule has 9 rings (SSSR count). The molecule has 3 aromatic carbocycles. The average Bonchev–Trinajstić information content (AvgIpc) is 1.44. The fourth-order valence-electron chi connectivity index (χ4n) is 14.0. The number of fused-ring (bicyclic) bond motifs is 2. The molecule has 4 saturated heterocycles. The quantitative estimate of drug-likeness (QED) is 0.00640.